The first-order chi connectivity index (χ1) is 17.5. The van der Waals surface area contributed by atoms with E-state index in [4.69, 9.17) is 4.74 Å². The molecule has 1 aromatic carbocycles. The fourth-order valence-corrected chi connectivity index (χ4v) is 6.31. The normalized spacial score (nSPS) is 35.7. The number of benzene rings is 1. The number of carbonyl (C=O) groups excluding carboxylic acids is 4. The van der Waals surface area contributed by atoms with Crippen LogP contribution in [0.2, 0.25) is 0 Å². The van der Waals surface area contributed by atoms with Gasteiger partial charge in [-0.1, -0.05) is 53.8 Å². The maximum atomic E-state index is 13.9. The molecule has 3 aliphatic rings. The number of rotatable bonds is 7. The Morgan fingerprint density at radius 2 is 1.78 bits per heavy atom. The highest BCUT2D eigenvalue weighted by atomic mass is 32.2. The molecular weight excluding hydrogens is 500 g/mol. The van der Waals surface area contributed by atoms with Gasteiger partial charge in [-0.15, -0.1) is 0 Å². The van der Waals surface area contributed by atoms with E-state index < -0.39 is 76.8 Å². The van der Waals surface area contributed by atoms with Gasteiger partial charge in [0.1, 0.15) is 30.0 Å². The number of allylic oxidation sites excluding steroid dienone is 6. The smallest absolute Gasteiger partial charge is 0.191 e. The van der Waals surface area contributed by atoms with Gasteiger partial charge in [-0.2, -0.15) is 0 Å². The Bertz CT molecular complexity index is 1190. The van der Waals surface area contributed by atoms with Gasteiger partial charge in [-0.05, 0) is 31.2 Å². The monoisotopic (exact) mass is 528 g/mol. The van der Waals surface area contributed by atoms with Crippen LogP contribution in [0.4, 0.5) is 0 Å². The summed E-state index contributed by atoms with van der Waals surface area (Å²) >= 11 is 0.843. The molecule has 2 aliphatic carbocycles. The average molecular weight is 529 g/mol. The highest BCUT2D eigenvalue weighted by molar-refractivity contribution is 8.00. The van der Waals surface area contributed by atoms with Gasteiger partial charge in [0.05, 0.1) is 13.0 Å². The summed E-state index contributed by atoms with van der Waals surface area (Å²) < 4.78 is 6.09. The van der Waals surface area contributed by atoms with Crippen molar-refractivity contribution >= 4 is 34.9 Å². The van der Waals surface area contributed by atoms with Crippen molar-refractivity contribution in [2.24, 2.45) is 11.8 Å². The lowest BCUT2D eigenvalue weighted by Gasteiger charge is -2.55. The molecule has 0 bridgehead atoms. The lowest BCUT2D eigenvalue weighted by atomic mass is 9.70. The fourth-order valence-electron chi connectivity index (χ4n) is 4.84. The molecule has 4 N–H and O–H groups in total. The summed E-state index contributed by atoms with van der Waals surface area (Å²) in [5, 5.41) is 44.1. The lowest BCUT2D eigenvalue weighted by molar-refractivity contribution is -0.280. The molecule has 0 saturated carbocycles. The Morgan fingerprint density at radius 1 is 1.08 bits per heavy atom. The van der Waals surface area contributed by atoms with Gasteiger partial charge < -0.3 is 25.2 Å². The second-order valence-electron chi connectivity index (χ2n) is 9.48. The van der Waals surface area contributed by atoms with E-state index in [1.165, 1.54) is 30.4 Å². The molecule has 1 aromatic rings. The Hall–Kier alpha value is -2.73. The minimum absolute atomic E-state index is 0.387. The predicted octanol–water partition coefficient (Wildman–Crippen LogP) is 0.612. The number of aliphatic hydroxyl groups excluding tert-OH is 3. The minimum atomic E-state index is -2.90. The lowest BCUT2D eigenvalue weighted by Crippen LogP contribution is -2.76. The molecule has 1 heterocycles. The average Bonchev–Trinajstić information content (AvgIpc) is 2.88. The standard InChI is InChI=1S/C27H28O9S/c1-15-6-10-18(11-7-15)37-26(13-16-8-9-17(29)12-21(16)31)27(35,25(34)23(32)22(14-28)36-26)24(33)19-4-2-3-5-20(19)30/h2-11,16,19,22-23,25,28,32,34-35H,12-14H2,1H3/t16?,19?,22-,23-,25+,26-,27+/m1/s1. The number of thioether (sulfide) groups is 1. The number of carbonyl (C=O) groups is 4. The Kier molecular flexibility index (Phi) is 7.80. The van der Waals surface area contributed by atoms with Crippen LogP contribution in [0.25, 0.3) is 0 Å². The van der Waals surface area contributed by atoms with Crippen molar-refractivity contribution in [1.29, 1.82) is 0 Å². The van der Waals surface area contributed by atoms with Gasteiger partial charge in [0.2, 0.25) is 0 Å². The molecule has 1 saturated heterocycles. The molecule has 0 radical (unpaired) electrons. The maximum Gasteiger partial charge on any atom is 0.191 e. The van der Waals surface area contributed by atoms with Crippen molar-refractivity contribution in [3.05, 3.63) is 66.3 Å². The van der Waals surface area contributed by atoms with Crippen LogP contribution in [0, 0.1) is 18.8 Å². The third kappa shape index (κ3) is 4.93. The SMILES string of the molecule is Cc1ccc(S[C@@]2(CC3C=CC(=O)CC3=O)O[C@H](CO)[C@@H](O)[C@H](O)[C@@]2(O)C(=O)C2C=CC=CC2=O)cc1. The summed E-state index contributed by atoms with van der Waals surface area (Å²) in [6.07, 6.45) is 1.60. The Balaban J connectivity index is 1.90. The van der Waals surface area contributed by atoms with Gasteiger partial charge >= 0.3 is 0 Å². The van der Waals surface area contributed by atoms with E-state index in [1.807, 2.05) is 6.92 Å². The highest BCUT2D eigenvalue weighted by Crippen LogP contribution is 2.53. The van der Waals surface area contributed by atoms with Crippen LogP contribution >= 0.6 is 11.8 Å². The Morgan fingerprint density at radius 3 is 2.41 bits per heavy atom. The summed E-state index contributed by atoms with van der Waals surface area (Å²) in [4.78, 5) is 49.5. The summed E-state index contributed by atoms with van der Waals surface area (Å²) in [5.41, 5.74) is -1.98. The van der Waals surface area contributed by atoms with E-state index in [1.54, 1.807) is 24.3 Å². The van der Waals surface area contributed by atoms with Crippen LogP contribution in [0.5, 0.6) is 0 Å². The van der Waals surface area contributed by atoms with Gasteiger partial charge in [-0.25, -0.2) is 0 Å². The first-order valence-electron chi connectivity index (χ1n) is 11.8. The molecule has 2 unspecified atom stereocenters. The zero-order valence-corrected chi connectivity index (χ0v) is 20.8. The van der Waals surface area contributed by atoms with Gasteiger partial charge in [0, 0.05) is 17.2 Å². The predicted molar refractivity (Wildman–Crippen MR) is 132 cm³/mol. The van der Waals surface area contributed by atoms with Crippen LogP contribution < -0.4 is 0 Å². The topological polar surface area (TPSA) is 158 Å². The number of Topliss-reactive ketones (excluding diaryl/α,β-unsaturated/α-hetero) is 2. The van der Waals surface area contributed by atoms with E-state index in [2.05, 4.69) is 0 Å². The quantitative estimate of drug-likeness (QED) is 0.370. The molecule has 10 heteroatoms. The van der Waals surface area contributed by atoms with E-state index in [9.17, 15) is 39.6 Å². The number of hydrogen-bond acceptors (Lipinski definition) is 10. The molecule has 0 amide bonds. The van der Waals surface area contributed by atoms with E-state index in [0.717, 1.165) is 23.4 Å². The van der Waals surface area contributed by atoms with Crippen LogP contribution in [0.15, 0.2) is 65.6 Å². The van der Waals surface area contributed by atoms with Crippen LogP contribution in [-0.4, -0.2) is 79.0 Å². The number of aryl methyl sites for hydroxylation is 1. The summed E-state index contributed by atoms with van der Waals surface area (Å²) in [5.74, 6) is -5.11. The second-order valence-corrected chi connectivity index (χ2v) is 10.8. The summed E-state index contributed by atoms with van der Waals surface area (Å²) in [7, 11) is 0. The van der Waals surface area contributed by atoms with Crippen molar-refractivity contribution < 1.29 is 44.3 Å². The molecule has 1 fully saturated rings. The maximum absolute atomic E-state index is 13.9. The molecule has 1 aliphatic heterocycles. The fraction of sp³-hybridized carbons (Fsp3) is 0.407. The van der Waals surface area contributed by atoms with Crippen molar-refractivity contribution in [3.63, 3.8) is 0 Å². The van der Waals surface area contributed by atoms with Crippen molar-refractivity contribution in [2.75, 3.05) is 6.61 Å². The first kappa shape index (κ1) is 27.3. The van der Waals surface area contributed by atoms with Crippen LogP contribution in [0.1, 0.15) is 18.4 Å². The number of hydrogen-bond donors (Lipinski definition) is 4. The molecule has 9 nitrogen and oxygen atoms in total. The largest absolute Gasteiger partial charge is 0.394 e. The third-order valence-electron chi connectivity index (χ3n) is 6.94. The number of ketones is 4. The molecular formula is C27H28O9S. The highest BCUT2D eigenvalue weighted by Gasteiger charge is 2.69. The van der Waals surface area contributed by atoms with Gasteiger partial charge in [-0.3, -0.25) is 19.2 Å². The summed E-state index contributed by atoms with van der Waals surface area (Å²) in [6.45, 7) is 1.09. The molecule has 0 aromatic heterocycles. The second kappa shape index (κ2) is 10.6. The van der Waals surface area contributed by atoms with Crippen LogP contribution in [0.3, 0.4) is 0 Å². The van der Waals surface area contributed by atoms with Gasteiger partial charge in [0.25, 0.3) is 0 Å². The van der Waals surface area contributed by atoms with Crippen LogP contribution in [-0.2, 0) is 23.9 Å². The third-order valence-corrected chi connectivity index (χ3v) is 8.36. The number of ether oxygens (including phenoxy) is 1. The number of aliphatic hydroxyl groups is 4. The molecule has 196 valence electrons. The van der Waals surface area contributed by atoms with Crippen molar-refractivity contribution in [3.8, 4) is 0 Å². The summed E-state index contributed by atoms with van der Waals surface area (Å²) in [6, 6.07) is 6.93. The van der Waals surface area contributed by atoms with E-state index >= 15 is 0 Å². The zero-order chi connectivity index (χ0) is 27.0. The van der Waals surface area contributed by atoms with E-state index in [-0.39, 0.29) is 6.42 Å². The first-order valence-corrected chi connectivity index (χ1v) is 12.6. The molecule has 7 atom stereocenters. The molecule has 37 heavy (non-hydrogen) atoms. The zero-order valence-electron chi connectivity index (χ0n) is 20.0. The molecule has 4 rings (SSSR count). The van der Waals surface area contributed by atoms with Gasteiger partial charge in [0.15, 0.2) is 27.9 Å². The van der Waals surface area contributed by atoms with Crippen molar-refractivity contribution in [2.45, 2.75) is 53.5 Å². The minimum Gasteiger partial charge on any atom is -0.394 e. The van der Waals surface area contributed by atoms with Crippen molar-refractivity contribution in [1.82, 2.24) is 0 Å². The molecule has 0 spiro atoms. The Labute approximate surface area is 217 Å². The van der Waals surface area contributed by atoms with E-state index in [0.29, 0.717) is 4.90 Å².